The van der Waals surface area contributed by atoms with Crippen LogP contribution in [0.3, 0.4) is 0 Å². The molecule has 0 N–H and O–H groups in total. The number of hydrogen-bond acceptors (Lipinski definition) is 3. The van der Waals surface area contributed by atoms with Gasteiger partial charge in [-0.3, -0.25) is 4.79 Å². The largest absolute Gasteiger partial charge is 0.315 e. The van der Waals surface area contributed by atoms with Crippen molar-refractivity contribution in [1.82, 2.24) is 4.31 Å². The van der Waals surface area contributed by atoms with Gasteiger partial charge in [0, 0.05) is 37.3 Å². The molecular weight excluding hydrogens is 372 g/mol. The molecule has 0 aliphatic rings. The van der Waals surface area contributed by atoms with Crippen LogP contribution in [-0.4, -0.2) is 45.0 Å². The molecule has 0 aliphatic heterocycles. The van der Waals surface area contributed by atoms with Crippen LogP contribution in [0.25, 0.3) is 0 Å². The molecule has 0 spiro atoms. The predicted molar refractivity (Wildman–Crippen MR) is 106 cm³/mol. The molecule has 7 heteroatoms. The first-order valence-electron chi connectivity index (χ1n) is 8.28. The Kier molecular flexibility index (Phi) is 7.20. The molecule has 0 saturated heterocycles. The smallest absolute Gasteiger partial charge is 0.228 e. The second-order valence-electron chi connectivity index (χ2n) is 6.08. The normalized spacial score (nSPS) is 11.5. The monoisotopic (exact) mass is 394 g/mol. The Balaban J connectivity index is 1.96. The van der Waals surface area contributed by atoms with E-state index in [2.05, 4.69) is 0 Å². The molecule has 2 rings (SSSR count). The third kappa shape index (κ3) is 6.12. The summed E-state index contributed by atoms with van der Waals surface area (Å²) in [5.74, 6) is -0.132. The predicted octanol–water partition coefficient (Wildman–Crippen LogP) is 3.20. The standard InChI is InChI=1S/C19H23ClN2O3S/c1-21(18-9-4-3-5-10-18)19(23)12-14-22(26(2,24)25)13-11-16-7-6-8-17(20)15-16/h3-10,15H,11-14H2,1-2H3. The van der Waals surface area contributed by atoms with Gasteiger partial charge in [0.05, 0.1) is 6.26 Å². The van der Waals surface area contributed by atoms with Crippen LogP contribution in [0.5, 0.6) is 0 Å². The van der Waals surface area contributed by atoms with Crippen molar-refractivity contribution < 1.29 is 13.2 Å². The van der Waals surface area contributed by atoms with E-state index >= 15 is 0 Å². The van der Waals surface area contributed by atoms with Crippen LogP contribution in [-0.2, 0) is 21.2 Å². The summed E-state index contributed by atoms with van der Waals surface area (Å²) in [5.41, 5.74) is 1.74. The third-order valence-corrected chi connectivity index (χ3v) is 5.64. The first-order chi connectivity index (χ1) is 12.3. The number of anilines is 1. The van der Waals surface area contributed by atoms with Crippen molar-refractivity contribution >= 4 is 33.2 Å². The minimum absolute atomic E-state index is 0.119. The summed E-state index contributed by atoms with van der Waals surface area (Å²) in [6.07, 6.45) is 1.82. The van der Waals surface area contributed by atoms with E-state index in [1.54, 1.807) is 13.1 Å². The number of carbonyl (C=O) groups is 1. The van der Waals surface area contributed by atoms with Crippen LogP contribution >= 0.6 is 11.6 Å². The van der Waals surface area contributed by atoms with Gasteiger partial charge >= 0.3 is 0 Å². The maximum Gasteiger partial charge on any atom is 0.228 e. The Hall–Kier alpha value is -1.89. The Morgan fingerprint density at radius 2 is 1.73 bits per heavy atom. The fourth-order valence-corrected chi connectivity index (χ4v) is 3.63. The zero-order valence-electron chi connectivity index (χ0n) is 14.9. The van der Waals surface area contributed by atoms with Gasteiger partial charge in [0.15, 0.2) is 0 Å². The lowest BCUT2D eigenvalue weighted by atomic mass is 10.1. The molecule has 140 valence electrons. The first-order valence-corrected chi connectivity index (χ1v) is 10.5. The molecular formula is C19H23ClN2O3S. The van der Waals surface area contributed by atoms with Crippen molar-refractivity contribution in [1.29, 1.82) is 0 Å². The SMILES string of the molecule is CN(C(=O)CCN(CCc1cccc(Cl)c1)S(C)(=O)=O)c1ccccc1. The summed E-state index contributed by atoms with van der Waals surface area (Å²) in [5, 5.41) is 0.619. The van der Waals surface area contributed by atoms with Gasteiger partial charge in [0.1, 0.15) is 0 Å². The summed E-state index contributed by atoms with van der Waals surface area (Å²) in [7, 11) is -1.71. The van der Waals surface area contributed by atoms with Crippen LogP contribution < -0.4 is 4.90 Å². The molecule has 2 aromatic carbocycles. The highest BCUT2D eigenvalue weighted by atomic mass is 35.5. The van der Waals surface area contributed by atoms with Crippen molar-refractivity contribution in [2.45, 2.75) is 12.8 Å². The van der Waals surface area contributed by atoms with Gasteiger partial charge < -0.3 is 4.90 Å². The van der Waals surface area contributed by atoms with Crippen LogP contribution in [0.4, 0.5) is 5.69 Å². The quantitative estimate of drug-likeness (QED) is 0.690. The molecule has 0 unspecified atom stereocenters. The average Bonchev–Trinajstić information content (AvgIpc) is 2.60. The van der Waals surface area contributed by atoms with E-state index in [0.29, 0.717) is 18.0 Å². The summed E-state index contributed by atoms with van der Waals surface area (Å²) >= 11 is 5.96. The van der Waals surface area contributed by atoms with Crippen LogP contribution in [0, 0.1) is 0 Å². The van der Waals surface area contributed by atoms with Gasteiger partial charge in [-0.2, -0.15) is 0 Å². The van der Waals surface area contributed by atoms with Crippen molar-refractivity contribution in [2.24, 2.45) is 0 Å². The van der Waals surface area contributed by atoms with Gasteiger partial charge in [-0.15, -0.1) is 0 Å². The van der Waals surface area contributed by atoms with Gasteiger partial charge in [0.25, 0.3) is 0 Å². The molecule has 1 amide bonds. The number of nitrogens with zero attached hydrogens (tertiary/aromatic N) is 2. The maximum atomic E-state index is 12.4. The number of hydrogen-bond donors (Lipinski definition) is 0. The lowest BCUT2D eigenvalue weighted by molar-refractivity contribution is -0.118. The number of amides is 1. The Morgan fingerprint density at radius 3 is 2.35 bits per heavy atom. The highest BCUT2D eigenvalue weighted by molar-refractivity contribution is 7.88. The second-order valence-corrected chi connectivity index (χ2v) is 8.50. The lowest BCUT2D eigenvalue weighted by Gasteiger charge is -2.22. The van der Waals surface area contributed by atoms with E-state index in [1.165, 1.54) is 9.21 Å². The fourth-order valence-electron chi connectivity index (χ4n) is 2.57. The van der Waals surface area contributed by atoms with Crippen molar-refractivity contribution in [2.75, 3.05) is 31.3 Å². The third-order valence-electron chi connectivity index (χ3n) is 4.10. The molecule has 0 aliphatic carbocycles. The fraction of sp³-hybridized carbons (Fsp3) is 0.316. The number of halogens is 1. The maximum absolute atomic E-state index is 12.4. The van der Waals surface area contributed by atoms with Crippen molar-refractivity contribution in [3.8, 4) is 0 Å². The van der Waals surface area contributed by atoms with Crippen LogP contribution in [0.15, 0.2) is 54.6 Å². The number of sulfonamides is 1. The molecule has 0 bridgehead atoms. The van der Waals surface area contributed by atoms with Gasteiger partial charge in [-0.25, -0.2) is 12.7 Å². The Bertz CT molecular complexity index is 841. The molecule has 0 aromatic heterocycles. The second kappa shape index (κ2) is 9.16. The summed E-state index contributed by atoms with van der Waals surface area (Å²) in [4.78, 5) is 13.9. The minimum atomic E-state index is -3.40. The number of para-hydroxylation sites is 1. The number of benzene rings is 2. The molecule has 0 radical (unpaired) electrons. The lowest BCUT2D eigenvalue weighted by Crippen LogP contribution is -2.36. The molecule has 26 heavy (non-hydrogen) atoms. The molecule has 0 heterocycles. The number of rotatable bonds is 8. The molecule has 2 aromatic rings. The number of carbonyl (C=O) groups excluding carboxylic acids is 1. The summed E-state index contributed by atoms with van der Waals surface area (Å²) in [6.45, 7) is 0.455. The highest BCUT2D eigenvalue weighted by Gasteiger charge is 2.19. The van der Waals surface area contributed by atoms with E-state index in [0.717, 1.165) is 17.5 Å². The van der Waals surface area contributed by atoms with Gasteiger partial charge in [-0.05, 0) is 36.2 Å². The van der Waals surface area contributed by atoms with E-state index in [1.807, 2.05) is 48.5 Å². The Labute approximate surface area is 160 Å². The topological polar surface area (TPSA) is 57.7 Å². The Morgan fingerprint density at radius 1 is 1.04 bits per heavy atom. The summed E-state index contributed by atoms with van der Waals surface area (Å²) in [6, 6.07) is 16.6. The minimum Gasteiger partial charge on any atom is -0.315 e. The average molecular weight is 395 g/mol. The van der Waals surface area contributed by atoms with Gasteiger partial charge in [-0.1, -0.05) is 41.9 Å². The van der Waals surface area contributed by atoms with E-state index in [9.17, 15) is 13.2 Å². The van der Waals surface area contributed by atoms with Crippen LogP contribution in [0.1, 0.15) is 12.0 Å². The molecule has 0 fully saturated rings. The van der Waals surface area contributed by atoms with Crippen molar-refractivity contribution in [3.63, 3.8) is 0 Å². The van der Waals surface area contributed by atoms with E-state index in [4.69, 9.17) is 11.6 Å². The first kappa shape index (κ1) is 20.4. The zero-order chi connectivity index (χ0) is 19.2. The van der Waals surface area contributed by atoms with E-state index in [-0.39, 0.29) is 18.9 Å². The molecule has 0 atom stereocenters. The van der Waals surface area contributed by atoms with Crippen molar-refractivity contribution in [3.05, 3.63) is 65.2 Å². The zero-order valence-corrected chi connectivity index (χ0v) is 16.5. The molecule has 0 saturated carbocycles. The highest BCUT2D eigenvalue weighted by Crippen LogP contribution is 2.14. The van der Waals surface area contributed by atoms with Crippen LogP contribution in [0.2, 0.25) is 5.02 Å². The van der Waals surface area contributed by atoms with Gasteiger partial charge in [0.2, 0.25) is 15.9 Å². The van der Waals surface area contributed by atoms with E-state index < -0.39 is 10.0 Å². The molecule has 5 nitrogen and oxygen atoms in total. The summed E-state index contributed by atoms with van der Waals surface area (Å²) < 4.78 is 25.4.